The monoisotopic (exact) mass is 407 g/mol. The van der Waals surface area contributed by atoms with Crippen molar-refractivity contribution < 1.29 is 18.6 Å². The van der Waals surface area contributed by atoms with E-state index in [9.17, 15) is 0 Å². The molecule has 0 saturated carbocycles. The minimum Gasteiger partial charge on any atom is -0.496 e. The summed E-state index contributed by atoms with van der Waals surface area (Å²) in [4.78, 5) is 12.7. The van der Waals surface area contributed by atoms with Crippen LogP contribution in [0.5, 0.6) is 17.5 Å². The molecule has 0 aliphatic heterocycles. The maximum atomic E-state index is 6.08. The highest BCUT2D eigenvalue weighted by atomic mass is 32.1. The van der Waals surface area contributed by atoms with Crippen molar-refractivity contribution >= 4 is 32.8 Å². The quantitative estimate of drug-likeness (QED) is 0.425. The van der Waals surface area contributed by atoms with Gasteiger partial charge in [0, 0.05) is 12.1 Å². The van der Waals surface area contributed by atoms with Crippen molar-refractivity contribution in [1.29, 1.82) is 0 Å². The van der Waals surface area contributed by atoms with Gasteiger partial charge in [-0.15, -0.1) is 0 Å². The zero-order valence-corrected chi connectivity index (χ0v) is 16.6. The number of furan rings is 1. The number of fused-ring (bicyclic) bond motifs is 2. The summed E-state index contributed by atoms with van der Waals surface area (Å²) >= 11 is 1.43. The van der Waals surface area contributed by atoms with Gasteiger partial charge in [-0.05, 0) is 11.6 Å². The summed E-state index contributed by atoms with van der Waals surface area (Å²) < 4.78 is 22.7. The minimum absolute atomic E-state index is 0.441. The molecule has 0 fully saturated rings. The van der Waals surface area contributed by atoms with Gasteiger partial charge in [-0.3, -0.25) is 4.98 Å². The Morgan fingerprint density at radius 2 is 1.90 bits per heavy atom. The van der Waals surface area contributed by atoms with Crippen molar-refractivity contribution in [3.05, 3.63) is 54.1 Å². The number of H-pyrrole nitrogens is 1. The second-order valence-electron chi connectivity index (χ2n) is 6.34. The van der Waals surface area contributed by atoms with Crippen molar-refractivity contribution in [2.24, 2.45) is 0 Å². The van der Waals surface area contributed by atoms with E-state index < -0.39 is 0 Å². The van der Waals surface area contributed by atoms with Gasteiger partial charge in [0.25, 0.3) is 6.01 Å². The van der Waals surface area contributed by atoms with Gasteiger partial charge in [0.15, 0.2) is 21.2 Å². The van der Waals surface area contributed by atoms with Crippen LogP contribution >= 0.6 is 11.3 Å². The molecule has 0 spiro atoms. The summed E-state index contributed by atoms with van der Waals surface area (Å²) in [6.45, 7) is 0.452. The molecule has 0 amide bonds. The Balaban J connectivity index is 1.52. The summed E-state index contributed by atoms with van der Waals surface area (Å²) in [6.07, 6.45) is 0. The molecular formula is C21H17N3O4S. The molecule has 7 nitrogen and oxygen atoms in total. The third-order valence-corrected chi connectivity index (χ3v) is 5.45. The predicted octanol–water partition coefficient (Wildman–Crippen LogP) is 5.03. The van der Waals surface area contributed by atoms with Crippen molar-refractivity contribution in [3.8, 4) is 28.3 Å². The summed E-state index contributed by atoms with van der Waals surface area (Å²) in [6, 6.07) is 16.1. The lowest BCUT2D eigenvalue weighted by Gasteiger charge is -2.09. The number of hydrogen-bond donors (Lipinski definition) is 1. The number of imidazole rings is 1. The molecule has 5 aromatic rings. The van der Waals surface area contributed by atoms with Crippen LogP contribution in [0.2, 0.25) is 0 Å². The van der Waals surface area contributed by atoms with Crippen LogP contribution in [0, 0.1) is 0 Å². The first kappa shape index (κ1) is 17.6. The van der Waals surface area contributed by atoms with Crippen LogP contribution in [0.15, 0.2) is 52.9 Å². The lowest BCUT2D eigenvalue weighted by atomic mass is 10.2. The van der Waals surface area contributed by atoms with Crippen LogP contribution < -0.4 is 14.2 Å². The van der Waals surface area contributed by atoms with E-state index in [-0.39, 0.29) is 0 Å². The SMILES string of the molecule is COc1cc(OCc2ccccc2)c2cc(-c3nc4[nH]c(OC)nc4s3)oc2c1. The average molecular weight is 407 g/mol. The first-order valence-electron chi connectivity index (χ1n) is 8.92. The Labute approximate surface area is 169 Å². The summed E-state index contributed by atoms with van der Waals surface area (Å²) in [5.41, 5.74) is 2.42. The van der Waals surface area contributed by atoms with E-state index in [1.807, 2.05) is 48.5 Å². The molecule has 8 heteroatoms. The molecular weight excluding hydrogens is 390 g/mol. The molecule has 1 N–H and O–H groups in total. The predicted molar refractivity (Wildman–Crippen MR) is 111 cm³/mol. The fraction of sp³-hybridized carbons (Fsp3) is 0.143. The number of aromatic amines is 1. The van der Waals surface area contributed by atoms with Gasteiger partial charge >= 0.3 is 0 Å². The zero-order chi connectivity index (χ0) is 19.8. The van der Waals surface area contributed by atoms with Crippen LogP contribution in [0.1, 0.15) is 5.56 Å². The number of thiazole rings is 1. The van der Waals surface area contributed by atoms with Crippen LogP contribution in [-0.2, 0) is 6.61 Å². The molecule has 3 heterocycles. The minimum atomic E-state index is 0.441. The normalized spacial score (nSPS) is 11.2. The van der Waals surface area contributed by atoms with Crippen molar-refractivity contribution in [2.75, 3.05) is 14.2 Å². The van der Waals surface area contributed by atoms with Gasteiger partial charge in [0.2, 0.25) is 0 Å². The van der Waals surface area contributed by atoms with Crippen LogP contribution in [0.4, 0.5) is 0 Å². The van der Waals surface area contributed by atoms with Gasteiger partial charge in [-0.25, -0.2) is 4.98 Å². The topological polar surface area (TPSA) is 82.4 Å². The molecule has 0 aliphatic carbocycles. The Morgan fingerprint density at radius 3 is 2.66 bits per heavy atom. The first-order valence-corrected chi connectivity index (χ1v) is 9.74. The standard InChI is InChI=1S/C21H17N3O4S/c1-25-13-8-15(27-11-12-6-4-3-5-7-12)14-10-17(28-16(14)9-13)19-22-18-20(29-19)24-21(23-18)26-2/h3-10H,11H2,1-2H3,(H,23,24). The first-order chi connectivity index (χ1) is 14.2. The van der Waals surface area contributed by atoms with Gasteiger partial charge in [-0.1, -0.05) is 41.7 Å². The number of methoxy groups -OCH3 is 2. The van der Waals surface area contributed by atoms with E-state index in [0.717, 1.165) is 20.8 Å². The van der Waals surface area contributed by atoms with Crippen LogP contribution in [0.3, 0.4) is 0 Å². The molecule has 0 aliphatic rings. The van der Waals surface area contributed by atoms with Gasteiger partial charge < -0.3 is 18.6 Å². The Morgan fingerprint density at radius 1 is 1.03 bits per heavy atom. The molecule has 5 rings (SSSR count). The summed E-state index contributed by atoms with van der Waals surface area (Å²) in [5.74, 6) is 2.01. The molecule has 0 saturated heterocycles. The molecule has 146 valence electrons. The van der Waals surface area contributed by atoms with Crippen molar-refractivity contribution in [3.63, 3.8) is 0 Å². The van der Waals surface area contributed by atoms with Crippen LogP contribution in [0.25, 0.3) is 32.2 Å². The van der Waals surface area contributed by atoms with E-state index >= 15 is 0 Å². The van der Waals surface area contributed by atoms with E-state index in [4.69, 9.17) is 18.6 Å². The maximum Gasteiger partial charge on any atom is 0.296 e. The summed E-state index contributed by atoms with van der Waals surface area (Å²) in [7, 11) is 3.18. The molecule has 29 heavy (non-hydrogen) atoms. The molecule has 0 radical (unpaired) electrons. The highest BCUT2D eigenvalue weighted by Gasteiger charge is 2.18. The average Bonchev–Trinajstić information content (AvgIpc) is 3.44. The van der Waals surface area contributed by atoms with Gasteiger partial charge in [0.1, 0.15) is 23.7 Å². The van der Waals surface area contributed by atoms with Crippen molar-refractivity contribution in [2.45, 2.75) is 6.61 Å². The number of hydrogen-bond acceptors (Lipinski definition) is 7. The van der Waals surface area contributed by atoms with Crippen molar-refractivity contribution in [1.82, 2.24) is 15.0 Å². The second kappa shape index (κ2) is 7.14. The van der Waals surface area contributed by atoms with Gasteiger partial charge in [-0.2, -0.15) is 4.98 Å². The fourth-order valence-corrected chi connectivity index (χ4v) is 3.90. The maximum absolute atomic E-state index is 6.08. The smallest absolute Gasteiger partial charge is 0.296 e. The molecule has 0 atom stereocenters. The highest BCUT2D eigenvalue weighted by Crippen LogP contribution is 2.39. The number of rotatable bonds is 6. The van der Waals surface area contributed by atoms with Crippen LogP contribution in [-0.4, -0.2) is 29.2 Å². The molecule has 2 aromatic carbocycles. The lowest BCUT2D eigenvalue weighted by Crippen LogP contribution is -1.96. The Hall–Kier alpha value is -3.52. The largest absolute Gasteiger partial charge is 0.496 e. The van der Waals surface area contributed by atoms with E-state index in [2.05, 4.69) is 15.0 Å². The molecule has 0 bridgehead atoms. The zero-order valence-electron chi connectivity index (χ0n) is 15.8. The number of aromatic nitrogens is 3. The van der Waals surface area contributed by atoms with Gasteiger partial charge in [0.05, 0.1) is 19.6 Å². The van der Waals surface area contributed by atoms with E-state index in [1.54, 1.807) is 14.2 Å². The lowest BCUT2D eigenvalue weighted by molar-refractivity contribution is 0.307. The Bertz CT molecular complexity index is 1260. The molecule has 0 unspecified atom stereocenters. The molecule has 3 aromatic heterocycles. The number of nitrogens with zero attached hydrogens (tertiary/aromatic N) is 2. The van der Waals surface area contributed by atoms with E-state index in [0.29, 0.717) is 41.1 Å². The summed E-state index contributed by atoms with van der Waals surface area (Å²) in [5, 5.41) is 1.59. The second-order valence-corrected chi connectivity index (χ2v) is 7.32. The number of nitrogens with one attached hydrogen (secondary N) is 1. The fourth-order valence-electron chi connectivity index (χ4n) is 3.05. The highest BCUT2D eigenvalue weighted by molar-refractivity contribution is 7.21. The number of ether oxygens (including phenoxy) is 3. The number of benzene rings is 2. The third kappa shape index (κ3) is 3.27. The van der Waals surface area contributed by atoms with E-state index in [1.165, 1.54) is 11.3 Å². The Kier molecular flexibility index (Phi) is 4.33. The third-order valence-electron chi connectivity index (χ3n) is 4.49.